The molecule has 172 valence electrons. The molecule has 3 N–H and O–H groups in total. The highest BCUT2D eigenvalue weighted by molar-refractivity contribution is 5.91. The van der Waals surface area contributed by atoms with Crippen molar-refractivity contribution in [1.82, 2.24) is 16.0 Å². The van der Waals surface area contributed by atoms with E-state index in [1.54, 1.807) is 20.8 Å². The highest BCUT2D eigenvalue weighted by atomic mass is 16.6. The molecule has 0 aromatic heterocycles. The van der Waals surface area contributed by atoms with Gasteiger partial charge in [-0.25, -0.2) is 4.79 Å². The van der Waals surface area contributed by atoms with Gasteiger partial charge < -0.3 is 25.4 Å². The van der Waals surface area contributed by atoms with Crippen LogP contribution in [0.25, 0.3) is 0 Å². The Bertz CT molecular complexity index is 757. The van der Waals surface area contributed by atoms with Gasteiger partial charge in [-0.2, -0.15) is 0 Å². The third-order valence-corrected chi connectivity index (χ3v) is 5.05. The lowest BCUT2D eigenvalue weighted by Gasteiger charge is -2.27. The predicted molar refractivity (Wildman–Crippen MR) is 118 cm³/mol. The summed E-state index contributed by atoms with van der Waals surface area (Å²) in [5.41, 5.74) is 0.154. The molecule has 1 unspecified atom stereocenters. The Morgan fingerprint density at radius 1 is 1.23 bits per heavy atom. The quantitative estimate of drug-likeness (QED) is 0.679. The van der Waals surface area contributed by atoms with Crippen molar-refractivity contribution in [2.24, 2.45) is 5.92 Å². The van der Waals surface area contributed by atoms with Crippen LogP contribution in [0.2, 0.25) is 0 Å². The lowest BCUT2D eigenvalue weighted by atomic mass is 9.97. The highest BCUT2D eigenvalue weighted by Gasteiger charge is 2.31. The number of carbonyl (C=O) groups excluding carboxylic acids is 3. The van der Waals surface area contributed by atoms with Gasteiger partial charge in [-0.05, 0) is 50.8 Å². The largest absolute Gasteiger partial charge is 0.494 e. The smallest absolute Gasteiger partial charge is 0.408 e. The Hall–Kier alpha value is -2.77. The summed E-state index contributed by atoms with van der Waals surface area (Å²) in [4.78, 5) is 38.3. The maximum Gasteiger partial charge on any atom is 0.408 e. The molecule has 0 fully saturated rings. The fourth-order valence-electron chi connectivity index (χ4n) is 3.16. The van der Waals surface area contributed by atoms with Crippen molar-refractivity contribution in [2.45, 2.75) is 71.6 Å². The van der Waals surface area contributed by atoms with Gasteiger partial charge in [0, 0.05) is 13.0 Å². The summed E-state index contributed by atoms with van der Waals surface area (Å²) in [6, 6.07) is 5.79. The molecule has 31 heavy (non-hydrogen) atoms. The van der Waals surface area contributed by atoms with Crippen molar-refractivity contribution in [1.29, 1.82) is 0 Å². The Morgan fingerprint density at radius 3 is 2.52 bits per heavy atom. The first-order valence-corrected chi connectivity index (χ1v) is 10.9. The van der Waals surface area contributed by atoms with E-state index in [0.29, 0.717) is 31.7 Å². The van der Waals surface area contributed by atoms with Crippen LogP contribution in [0, 0.1) is 5.92 Å². The van der Waals surface area contributed by atoms with Crippen LogP contribution in [0.5, 0.6) is 5.75 Å². The van der Waals surface area contributed by atoms with Gasteiger partial charge in [0.2, 0.25) is 11.8 Å². The van der Waals surface area contributed by atoms with Crippen molar-refractivity contribution < 1.29 is 23.9 Å². The van der Waals surface area contributed by atoms with E-state index in [1.165, 1.54) is 0 Å². The Morgan fingerprint density at radius 2 is 1.90 bits per heavy atom. The van der Waals surface area contributed by atoms with Gasteiger partial charge in [0.25, 0.3) is 0 Å². The molecule has 2 aliphatic rings. The summed E-state index contributed by atoms with van der Waals surface area (Å²) < 4.78 is 11.0. The normalized spacial score (nSPS) is 21.6. The molecule has 3 amide bonds. The highest BCUT2D eigenvalue weighted by Crippen LogP contribution is 2.16. The molecular formula is C23H35N3O5. The first kappa shape index (κ1) is 24.5. The molecule has 0 spiro atoms. The van der Waals surface area contributed by atoms with Crippen LogP contribution in [0.15, 0.2) is 24.3 Å². The minimum Gasteiger partial charge on any atom is -0.494 e. The van der Waals surface area contributed by atoms with Crippen molar-refractivity contribution in [2.75, 3.05) is 13.2 Å². The third kappa shape index (κ3) is 8.11. The van der Waals surface area contributed by atoms with Gasteiger partial charge in [0.15, 0.2) is 0 Å². The first-order valence-electron chi connectivity index (χ1n) is 10.9. The molecule has 2 bridgehead atoms. The van der Waals surface area contributed by atoms with Crippen LogP contribution in [0.3, 0.4) is 0 Å². The molecule has 8 heteroatoms. The minimum atomic E-state index is -0.897. The van der Waals surface area contributed by atoms with E-state index in [9.17, 15) is 14.4 Å². The Balaban J connectivity index is 2.29. The molecule has 0 saturated heterocycles. The minimum absolute atomic E-state index is 0.0723. The van der Waals surface area contributed by atoms with E-state index in [2.05, 4.69) is 16.0 Å². The zero-order valence-corrected chi connectivity index (χ0v) is 19.1. The van der Waals surface area contributed by atoms with Crippen LogP contribution in [-0.4, -0.2) is 48.7 Å². The van der Waals surface area contributed by atoms with Gasteiger partial charge in [0.1, 0.15) is 23.4 Å². The summed E-state index contributed by atoms with van der Waals surface area (Å²) in [6.45, 7) is 10.1. The van der Waals surface area contributed by atoms with Crippen LogP contribution in [-0.2, 0) is 20.7 Å². The Kier molecular flexibility index (Phi) is 8.71. The summed E-state index contributed by atoms with van der Waals surface area (Å²) in [5, 5.41) is 8.38. The summed E-state index contributed by atoms with van der Waals surface area (Å²) >= 11 is 0. The number of hydrogen-bond donors (Lipinski definition) is 3. The second-order valence-corrected chi connectivity index (χ2v) is 8.91. The topological polar surface area (TPSA) is 106 Å². The van der Waals surface area contributed by atoms with Crippen LogP contribution < -0.4 is 20.7 Å². The van der Waals surface area contributed by atoms with Gasteiger partial charge >= 0.3 is 6.09 Å². The Labute approximate surface area is 184 Å². The molecule has 1 aromatic rings. The van der Waals surface area contributed by atoms with Crippen LogP contribution in [0.4, 0.5) is 4.79 Å². The first-order chi connectivity index (χ1) is 14.6. The fraction of sp³-hybridized carbons (Fsp3) is 0.609. The molecule has 8 nitrogen and oxygen atoms in total. The van der Waals surface area contributed by atoms with Crippen molar-refractivity contribution in [3.8, 4) is 5.75 Å². The van der Waals surface area contributed by atoms with E-state index in [-0.39, 0.29) is 18.2 Å². The summed E-state index contributed by atoms with van der Waals surface area (Å²) in [7, 11) is 0. The number of benzene rings is 1. The van der Waals surface area contributed by atoms with Gasteiger partial charge in [-0.3, -0.25) is 9.59 Å². The predicted octanol–water partition coefficient (Wildman–Crippen LogP) is 2.55. The van der Waals surface area contributed by atoms with Gasteiger partial charge in [-0.15, -0.1) is 0 Å². The van der Waals surface area contributed by atoms with Crippen molar-refractivity contribution in [3.05, 3.63) is 29.8 Å². The average Bonchev–Trinajstić information content (AvgIpc) is 2.70. The van der Waals surface area contributed by atoms with Crippen molar-refractivity contribution >= 4 is 17.9 Å². The molecule has 2 aliphatic heterocycles. The number of rotatable bonds is 3. The zero-order valence-electron chi connectivity index (χ0n) is 19.1. The summed E-state index contributed by atoms with van der Waals surface area (Å²) in [5.74, 6) is -0.0323. The van der Waals surface area contributed by atoms with E-state index < -0.39 is 29.7 Å². The van der Waals surface area contributed by atoms with Crippen LogP contribution in [0.1, 0.15) is 53.0 Å². The van der Waals surface area contributed by atoms with Gasteiger partial charge in [0.05, 0.1) is 6.61 Å². The third-order valence-electron chi connectivity index (χ3n) is 5.05. The number of carbonyl (C=O) groups is 3. The number of fused-ring (bicyclic) bond motifs is 12. The standard InChI is InChI=1S/C23H35N3O5/c1-6-15(2)19-21(28)24-12-7-13-30-17-10-8-16(9-11-17)14-18(20(27)26-19)25-22(29)31-23(3,4)5/h8-11,15,18-19H,6-7,12-14H2,1-5H3,(H,24,28)(H,25,29)(H,26,27)/t15?,18-,19-/m0/s1. The molecule has 0 aliphatic carbocycles. The second-order valence-electron chi connectivity index (χ2n) is 8.91. The molecule has 0 radical (unpaired) electrons. The lowest BCUT2D eigenvalue weighted by Crippen LogP contribution is -2.56. The monoisotopic (exact) mass is 433 g/mol. The SMILES string of the molecule is CCC(C)[C@@H]1NC(=O)[C@@H](NC(=O)OC(C)(C)C)Cc2ccc(cc2)OCCCNC1=O. The molecular weight excluding hydrogens is 398 g/mol. The molecule has 3 rings (SSSR count). The maximum absolute atomic E-state index is 13.2. The molecule has 3 atom stereocenters. The summed E-state index contributed by atoms with van der Waals surface area (Å²) in [6.07, 6.45) is 0.930. The van der Waals surface area contributed by atoms with E-state index >= 15 is 0 Å². The molecule has 2 heterocycles. The number of nitrogens with one attached hydrogen (secondary N) is 3. The fourth-order valence-corrected chi connectivity index (χ4v) is 3.16. The number of hydrogen-bond acceptors (Lipinski definition) is 5. The van der Waals surface area contributed by atoms with Gasteiger partial charge in [-0.1, -0.05) is 32.4 Å². The average molecular weight is 434 g/mol. The van der Waals surface area contributed by atoms with Crippen molar-refractivity contribution in [3.63, 3.8) is 0 Å². The van der Waals surface area contributed by atoms with E-state index in [1.807, 2.05) is 38.1 Å². The molecule has 1 aromatic carbocycles. The van der Waals surface area contributed by atoms with E-state index in [0.717, 1.165) is 5.56 Å². The zero-order chi connectivity index (χ0) is 23.0. The van der Waals surface area contributed by atoms with E-state index in [4.69, 9.17) is 9.47 Å². The number of ether oxygens (including phenoxy) is 2. The maximum atomic E-state index is 13.2. The van der Waals surface area contributed by atoms with Crippen LogP contribution >= 0.6 is 0 Å². The number of alkyl carbamates (subject to hydrolysis) is 1. The molecule has 0 saturated carbocycles. The number of amides is 3. The lowest BCUT2D eigenvalue weighted by molar-refractivity contribution is -0.131. The second kappa shape index (κ2) is 11.0.